The van der Waals surface area contributed by atoms with Gasteiger partial charge in [-0.25, -0.2) is 0 Å². The van der Waals surface area contributed by atoms with Gasteiger partial charge in [-0.15, -0.1) is 0 Å². The Labute approximate surface area is 182 Å². The molecule has 0 spiro atoms. The van der Waals surface area contributed by atoms with Crippen molar-refractivity contribution >= 4 is 10.1 Å². The standard InChI is InChI=1S/C24H24O6S/c1-16-8-10-20(11-9-16)31(25,26)29-15-19-13-17-12-18(27-2)14-22(24(17)30-19)21-6-4-5-7-23(21)28-3/h4-12,14,19H,13,15H2,1-3H3. The Balaban J connectivity index is 1.58. The summed E-state index contributed by atoms with van der Waals surface area (Å²) in [6.07, 6.45) is 0.0775. The maximum absolute atomic E-state index is 12.5. The van der Waals surface area contributed by atoms with E-state index in [0.29, 0.717) is 23.7 Å². The first-order valence-electron chi connectivity index (χ1n) is 9.88. The first-order valence-corrected chi connectivity index (χ1v) is 11.3. The Hall–Kier alpha value is -3.03. The van der Waals surface area contributed by atoms with E-state index < -0.39 is 16.2 Å². The van der Waals surface area contributed by atoms with E-state index in [1.807, 2.05) is 43.3 Å². The van der Waals surface area contributed by atoms with E-state index in [2.05, 4.69) is 0 Å². The van der Waals surface area contributed by atoms with Gasteiger partial charge in [0.05, 0.1) is 19.1 Å². The summed E-state index contributed by atoms with van der Waals surface area (Å²) >= 11 is 0. The van der Waals surface area contributed by atoms with E-state index in [-0.39, 0.29) is 11.5 Å². The first kappa shape index (κ1) is 21.2. The summed E-state index contributed by atoms with van der Waals surface area (Å²) in [5.41, 5.74) is 3.61. The molecule has 0 radical (unpaired) electrons. The lowest BCUT2D eigenvalue weighted by Gasteiger charge is -2.15. The van der Waals surface area contributed by atoms with Crippen LogP contribution in [0, 0.1) is 6.92 Å². The average Bonchev–Trinajstić information content (AvgIpc) is 3.20. The van der Waals surface area contributed by atoms with Crippen LogP contribution in [0.5, 0.6) is 17.2 Å². The number of ether oxygens (including phenoxy) is 3. The zero-order valence-corrected chi connectivity index (χ0v) is 18.4. The molecular weight excluding hydrogens is 416 g/mol. The monoisotopic (exact) mass is 440 g/mol. The number of aryl methyl sites for hydroxylation is 1. The van der Waals surface area contributed by atoms with Crippen molar-refractivity contribution in [2.45, 2.75) is 24.3 Å². The molecule has 162 valence electrons. The second-order valence-corrected chi connectivity index (χ2v) is 8.97. The van der Waals surface area contributed by atoms with Gasteiger partial charge in [-0.2, -0.15) is 8.42 Å². The van der Waals surface area contributed by atoms with Crippen molar-refractivity contribution in [1.29, 1.82) is 0 Å². The van der Waals surface area contributed by atoms with Gasteiger partial charge in [-0.3, -0.25) is 4.18 Å². The molecule has 1 aliphatic rings. The van der Waals surface area contributed by atoms with Crippen LogP contribution in [0.3, 0.4) is 0 Å². The highest BCUT2D eigenvalue weighted by molar-refractivity contribution is 7.86. The number of hydrogen-bond donors (Lipinski definition) is 0. The minimum Gasteiger partial charge on any atom is -0.497 e. The fourth-order valence-corrected chi connectivity index (χ4v) is 4.56. The zero-order valence-electron chi connectivity index (χ0n) is 17.6. The fourth-order valence-electron chi connectivity index (χ4n) is 3.62. The van der Waals surface area contributed by atoms with Crippen LogP contribution in [0.15, 0.2) is 65.6 Å². The lowest BCUT2D eigenvalue weighted by molar-refractivity contribution is 0.152. The summed E-state index contributed by atoms with van der Waals surface area (Å²) in [6.45, 7) is 1.81. The van der Waals surface area contributed by atoms with E-state index in [0.717, 1.165) is 22.3 Å². The van der Waals surface area contributed by atoms with Gasteiger partial charge in [0.15, 0.2) is 0 Å². The summed E-state index contributed by atoms with van der Waals surface area (Å²) in [4.78, 5) is 0.130. The van der Waals surface area contributed by atoms with Gasteiger partial charge in [0.2, 0.25) is 0 Å². The number of methoxy groups -OCH3 is 2. The maximum atomic E-state index is 12.5. The van der Waals surface area contributed by atoms with Gasteiger partial charge in [0, 0.05) is 23.1 Å². The maximum Gasteiger partial charge on any atom is 0.297 e. The summed E-state index contributed by atoms with van der Waals surface area (Å²) in [7, 11) is -0.635. The topological polar surface area (TPSA) is 71.1 Å². The fraction of sp³-hybridized carbons (Fsp3) is 0.250. The predicted molar refractivity (Wildman–Crippen MR) is 117 cm³/mol. The molecule has 0 saturated carbocycles. The lowest BCUT2D eigenvalue weighted by atomic mass is 9.99. The summed E-state index contributed by atoms with van der Waals surface area (Å²) in [5.74, 6) is 2.09. The molecule has 6 nitrogen and oxygen atoms in total. The van der Waals surface area contributed by atoms with Crippen LogP contribution in [0.25, 0.3) is 11.1 Å². The number of fused-ring (bicyclic) bond motifs is 1. The van der Waals surface area contributed by atoms with Gasteiger partial charge >= 0.3 is 0 Å². The molecule has 31 heavy (non-hydrogen) atoms. The van der Waals surface area contributed by atoms with Crippen LogP contribution in [-0.4, -0.2) is 35.3 Å². The molecule has 1 aliphatic heterocycles. The van der Waals surface area contributed by atoms with Crippen molar-refractivity contribution in [3.63, 3.8) is 0 Å². The molecule has 1 unspecified atom stereocenters. The van der Waals surface area contributed by atoms with E-state index in [9.17, 15) is 8.42 Å². The van der Waals surface area contributed by atoms with Gasteiger partial charge in [0.1, 0.15) is 30.0 Å². The Morgan fingerprint density at radius 3 is 2.42 bits per heavy atom. The Morgan fingerprint density at radius 1 is 0.968 bits per heavy atom. The van der Waals surface area contributed by atoms with Crippen molar-refractivity contribution in [1.82, 2.24) is 0 Å². The highest BCUT2D eigenvalue weighted by Crippen LogP contribution is 2.44. The van der Waals surface area contributed by atoms with Crippen molar-refractivity contribution in [2.75, 3.05) is 20.8 Å². The summed E-state index contributed by atoms with van der Waals surface area (Å²) in [5, 5.41) is 0. The smallest absolute Gasteiger partial charge is 0.297 e. The SMILES string of the molecule is COc1cc2c(c(-c3ccccc3OC)c1)OC(COS(=O)(=O)c1ccc(C)cc1)C2. The molecule has 3 aromatic carbocycles. The van der Waals surface area contributed by atoms with Crippen molar-refractivity contribution in [3.05, 3.63) is 71.8 Å². The van der Waals surface area contributed by atoms with Crippen LogP contribution >= 0.6 is 0 Å². The number of para-hydroxylation sites is 1. The minimum absolute atomic E-state index is 0.0848. The van der Waals surface area contributed by atoms with Gasteiger partial charge in [-0.05, 0) is 37.3 Å². The third kappa shape index (κ3) is 4.38. The minimum atomic E-state index is -3.86. The third-order valence-corrected chi connectivity index (χ3v) is 6.52. The Kier molecular flexibility index (Phi) is 5.89. The molecule has 0 amide bonds. The molecule has 1 atom stereocenters. The molecule has 0 fully saturated rings. The number of rotatable bonds is 7. The zero-order chi connectivity index (χ0) is 22.0. The Bertz CT molecular complexity index is 1190. The first-order chi connectivity index (χ1) is 14.9. The van der Waals surface area contributed by atoms with Crippen LogP contribution < -0.4 is 14.2 Å². The van der Waals surface area contributed by atoms with Crippen molar-refractivity contribution in [2.24, 2.45) is 0 Å². The second-order valence-electron chi connectivity index (χ2n) is 7.36. The molecular formula is C24H24O6S. The van der Waals surface area contributed by atoms with Crippen molar-refractivity contribution in [3.8, 4) is 28.4 Å². The normalized spacial score (nSPS) is 15.3. The molecule has 0 aromatic heterocycles. The van der Waals surface area contributed by atoms with Crippen molar-refractivity contribution < 1.29 is 26.8 Å². The van der Waals surface area contributed by atoms with Gasteiger partial charge in [-0.1, -0.05) is 35.9 Å². The third-order valence-electron chi connectivity index (χ3n) is 5.22. The van der Waals surface area contributed by atoms with Gasteiger partial charge < -0.3 is 14.2 Å². The largest absolute Gasteiger partial charge is 0.497 e. The second kappa shape index (κ2) is 8.61. The molecule has 0 saturated heterocycles. The van der Waals surface area contributed by atoms with E-state index in [1.54, 1.807) is 38.5 Å². The van der Waals surface area contributed by atoms with E-state index in [4.69, 9.17) is 18.4 Å². The Morgan fingerprint density at radius 2 is 1.71 bits per heavy atom. The van der Waals surface area contributed by atoms with Crippen LogP contribution in [-0.2, 0) is 20.7 Å². The quantitative estimate of drug-likeness (QED) is 0.508. The van der Waals surface area contributed by atoms with Crippen LogP contribution in [0.2, 0.25) is 0 Å². The molecule has 0 bridgehead atoms. The molecule has 4 rings (SSSR count). The van der Waals surface area contributed by atoms with E-state index in [1.165, 1.54) is 0 Å². The lowest BCUT2D eigenvalue weighted by Crippen LogP contribution is -2.23. The van der Waals surface area contributed by atoms with E-state index >= 15 is 0 Å². The highest BCUT2D eigenvalue weighted by Gasteiger charge is 2.30. The molecule has 7 heteroatoms. The molecule has 3 aromatic rings. The van der Waals surface area contributed by atoms with Crippen LogP contribution in [0.4, 0.5) is 0 Å². The average molecular weight is 441 g/mol. The number of hydrogen-bond acceptors (Lipinski definition) is 6. The molecule has 0 aliphatic carbocycles. The number of benzene rings is 3. The molecule has 0 N–H and O–H groups in total. The summed E-state index contributed by atoms with van der Waals surface area (Å²) in [6, 6.07) is 18.0. The van der Waals surface area contributed by atoms with Crippen LogP contribution in [0.1, 0.15) is 11.1 Å². The predicted octanol–water partition coefficient (Wildman–Crippen LogP) is 4.39. The highest BCUT2D eigenvalue weighted by atomic mass is 32.2. The van der Waals surface area contributed by atoms with Gasteiger partial charge in [0.25, 0.3) is 10.1 Å². The summed E-state index contributed by atoms with van der Waals surface area (Å²) < 4.78 is 47.5. The molecule has 1 heterocycles.